The molecule has 0 aliphatic heterocycles. The van der Waals surface area contributed by atoms with E-state index in [-0.39, 0.29) is 6.04 Å². The third-order valence-corrected chi connectivity index (χ3v) is 4.34. The second-order valence-electron chi connectivity index (χ2n) is 5.68. The van der Waals surface area contributed by atoms with Crippen LogP contribution in [0.3, 0.4) is 0 Å². The van der Waals surface area contributed by atoms with Crippen molar-refractivity contribution in [2.24, 2.45) is 0 Å². The third kappa shape index (κ3) is 3.66. The van der Waals surface area contributed by atoms with Gasteiger partial charge in [-0.05, 0) is 73.7 Å². The van der Waals surface area contributed by atoms with E-state index < -0.39 is 0 Å². The predicted molar refractivity (Wildman–Crippen MR) is 92.2 cm³/mol. The van der Waals surface area contributed by atoms with Gasteiger partial charge in [0.05, 0.1) is 6.04 Å². The smallest absolute Gasteiger partial charge is 0.0582 e. The van der Waals surface area contributed by atoms with Gasteiger partial charge >= 0.3 is 0 Å². The molecule has 1 atom stereocenters. The zero-order valence-corrected chi connectivity index (χ0v) is 14.1. The summed E-state index contributed by atoms with van der Waals surface area (Å²) in [6.45, 7) is 9.70. The van der Waals surface area contributed by atoms with Crippen LogP contribution in [0.5, 0.6) is 0 Å². The maximum Gasteiger partial charge on any atom is 0.0582 e. The summed E-state index contributed by atoms with van der Waals surface area (Å²) in [7, 11) is 0. The molecule has 0 saturated heterocycles. The maximum absolute atomic E-state index is 6.23. The number of hydrogen-bond donors (Lipinski definition) is 1. The Balaban J connectivity index is 2.52. The summed E-state index contributed by atoms with van der Waals surface area (Å²) in [4.78, 5) is 0. The van der Waals surface area contributed by atoms with E-state index in [4.69, 9.17) is 11.6 Å². The lowest BCUT2D eigenvalue weighted by atomic mass is 9.90. The predicted octanol–water partition coefficient (Wildman–Crippen LogP) is 5.35. The molecule has 0 saturated carbocycles. The van der Waals surface area contributed by atoms with Gasteiger partial charge in [-0.15, -0.1) is 0 Å². The van der Waals surface area contributed by atoms with Crippen molar-refractivity contribution in [3.05, 3.63) is 69.2 Å². The Morgan fingerprint density at radius 1 is 1.00 bits per heavy atom. The average Bonchev–Trinajstić information content (AvgIpc) is 2.47. The van der Waals surface area contributed by atoms with Crippen molar-refractivity contribution >= 4 is 11.6 Å². The van der Waals surface area contributed by atoms with E-state index in [0.717, 1.165) is 18.0 Å². The van der Waals surface area contributed by atoms with E-state index in [0.29, 0.717) is 0 Å². The summed E-state index contributed by atoms with van der Waals surface area (Å²) in [6, 6.07) is 12.9. The van der Waals surface area contributed by atoms with Gasteiger partial charge in [0.2, 0.25) is 0 Å². The van der Waals surface area contributed by atoms with Crippen LogP contribution >= 0.6 is 11.6 Å². The highest BCUT2D eigenvalue weighted by molar-refractivity contribution is 6.30. The van der Waals surface area contributed by atoms with Crippen molar-refractivity contribution in [1.82, 2.24) is 5.32 Å². The lowest BCUT2D eigenvalue weighted by molar-refractivity contribution is 0.593. The Labute approximate surface area is 133 Å². The molecule has 0 aliphatic rings. The number of aryl methyl sites for hydroxylation is 2. The quantitative estimate of drug-likeness (QED) is 0.784. The van der Waals surface area contributed by atoms with Crippen LogP contribution in [-0.2, 0) is 0 Å². The topological polar surface area (TPSA) is 12.0 Å². The molecule has 0 amide bonds. The lowest BCUT2D eigenvalue weighted by Crippen LogP contribution is -2.24. The van der Waals surface area contributed by atoms with Crippen molar-refractivity contribution in [2.45, 2.75) is 40.2 Å². The molecular formula is C19H24ClN. The zero-order chi connectivity index (χ0) is 15.4. The molecule has 2 rings (SSSR count). The Kier molecular flexibility index (Phi) is 5.44. The van der Waals surface area contributed by atoms with Gasteiger partial charge in [0.1, 0.15) is 0 Å². The normalized spacial score (nSPS) is 12.4. The Bertz CT molecular complexity index is 617. The van der Waals surface area contributed by atoms with Crippen LogP contribution in [-0.4, -0.2) is 6.54 Å². The van der Waals surface area contributed by atoms with E-state index >= 15 is 0 Å². The number of nitrogens with one attached hydrogen (secondary N) is 1. The van der Waals surface area contributed by atoms with Crippen LogP contribution < -0.4 is 5.32 Å². The fourth-order valence-electron chi connectivity index (χ4n) is 2.68. The molecule has 2 heteroatoms. The minimum atomic E-state index is 0.198. The average molecular weight is 302 g/mol. The molecule has 2 aromatic carbocycles. The van der Waals surface area contributed by atoms with E-state index in [9.17, 15) is 0 Å². The molecule has 0 heterocycles. The van der Waals surface area contributed by atoms with Gasteiger partial charge in [-0.3, -0.25) is 0 Å². The van der Waals surface area contributed by atoms with Gasteiger partial charge in [-0.2, -0.15) is 0 Å². The van der Waals surface area contributed by atoms with Gasteiger partial charge < -0.3 is 5.32 Å². The molecule has 1 unspecified atom stereocenters. The van der Waals surface area contributed by atoms with Crippen molar-refractivity contribution in [3.8, 4) is 0 Å². The van der Waals surface area contributed by atoms with Crippen LogP contribution in [0.25, 0.3) is 0 Å². The molecule has 0 aromatic heterocycles. The fourth-order valence-corrected chi connectivity index (χ4v) is 2.87. The summed E-state index contributed by atoms with van der Waals surface area (Å²) in [6.07, 6.45) is 1.11. The molecule has 2 aromatic rings. The van der Waals surface area contributed by atoms with Crippen LogP contribution in [0.4, 0.5) is 0 Å². The zero-order valence-electron chi connectivity index (χ0n) is 13.3. The van der Waals surface area contributed by atoms with Gasteiger partial charge in [0.25, 0.3) is 0 Å². The molecule has 21 heavy (non-hydrogen) atoms. The van der Waals surface area contributed by atoms with E-state index in [1.54, 1.807) is 0 Å². The van der Waals surface area contributed by atoms with Crippen LogP contribution in [0.1, 0.15) is 47.2 Å². The number of rotatable bonds is 5. The minimum Gasteiger partial charge on any atom is -0.306 e. The van der Waals surface area contributed by atoms with Gasteiger partial charge in [-0.1, -0.05) is 42.8 Å². The first-order valence-corrected chi connectivity index (χ1v) is 7.98. The maximum atomic E-state index is 6.23. The van der Waals surface area contributed by atoms with E-state index in [1.165, 1.54) is 27.8 Å². The number of benzene rings is 2. The highest BCUT2D eigenvalue weighted by Gasteiger charge is 2.18. The SMILES string of the molecule is CCCNC(c1cc(Cl)ccc1C)c1cccc(C)c1C. The third-order valence-electron chi connectivity index (χ3n) is 4.11. The molecular weight excluding hydrogens is 278 g/mol. The Morgan fingerprint density at radius 3 is 2.48 bits per heavy atom. The monoisotopic (exact) mass is 301 g/mol. The fraction of sp³-hybridized carbons (Fsp3) is 0.368. The Hall–Kier alpha value is -1.31. The lowest BCUT2D eigenvalue weighted by Gasteiger charge is -2.24. The van der Waals surface area contributed by atoms with Crippen LogP contribution in [0.15, 0.2) is 36.4 Å². The van der Waals surface area contributed by atoms with Crippen LogP contribution in [0.2, 0.25) is 5.02 Å². The first-order chi connectivity index (χ1) is 10.0. The summed E-state index contributed by atoms with van der Waals surface area (Å²) in [5.74, 6) is 0. The highest BCUT2D eigenvalue weighted by atomic mass is 35.5. The van der Waals surface area contributed by atoms with Gasteiger partial charge in [0, 0.05) is 5.02 Å². The highest BCUT2D eigenvalue weighted by Crippen LogP contribution is 2.30. The van der Waals surface area contributed by atoms with E-state index in [2.05, 4.69) is 63.3 Å². The van der Waals surface area contributed by atoms with Crippen LogP contribution in [0, 0.1) is 20.8 Å². The van der Waals surface area contributed by atoms with Crippen molar-refractivity contribution in [3.63, 3.8) is 0 Å². The standard InChI is InChI=1S/C19H24ClN/c1-5-11-21-19(17-8-6-7-13(2)15(17)4)18-12-16(20)10-9-14(18)3/h6-10,12,19,21H,5,11H2,1-4H3. The summed E-state index contributed by atoms with van der Waals surface area (Å²) >= 11 is 6.23. The molecule has 0 aliphatic carbocycles. The van der Waals surface area contributed by atoms with Crippen molar-refractivity contribution < 1.29 is 0 Å². The molecule has 1 nitrogen and oxygen atoms in total. The van der Waals surface area contributed by atoms with E-state index in [1.807, 2.05) is 6.07 Å². The summed E-state index contributed by atoms with van der Waals surface area (Å²) in [5.41, 5.74) is 6.56. The molecule has 0 spiro atoms. The molecule has 0 bridgehead atoms. The first kappa shape index (κ1) is 16.1. The second-order valence-corrected chi connectivity index (χ2v) is 6.11. The van der Waals surface area contributed by atoms with Gasteiger partial charge in [-0.25, -0.2) is 0 Å². The molecule has 112 valence electrons. The number of hydrogen-bond acceptors (Lipinski definition) is 1. The summed E-state index contributed by atoms with van der Waals surface area (Å²) in [5, 5.41) is 4.48. The molecule has 0 radical (unpaired) electrons. The minimum absolute atomic E-state index is 0.198. The largest absolute Gasteiger partial charge is 0.306 e. The molecule has 0 fully saturated rings. The second kappa shape index (κ2) is 7.11. The number of halogens is 1. The first-order valence-electron chi connectivity index (χ1n) is 7.60. The molecule has 1 N–H and O–H groups in total. The Morgan fingerprint density at radius 2 is 1.76 bits per heavy atom. The summed E-state index contributed by atoms with van der Waals surface area (Å²) < 4.78 is 0. The van der Waals surface area contributed by atoms with Gasteiger partial charge in [0.15, 0.2) is 0 Å². The van der Waals surface area contributed by atoms with Crippen molar-refractivity contribution in [1.29, 1.82) is 0 Å². The van der Waals surface area contributed by atoms with Crippen molar-refractivity contribution in [2.75, 3.05) is 6.54 Å².